The minimum atomic E-state index is 0.842. The van der Waals surface area contributed by atoms with E-state index in [2.05, 4.69) is 166 Å². The quantitative estimate of drug-likeness (QED) is 0.136. The molecule has 10 aromatic rings. The number of aryl methyl sites for hydroxylation is 1. The zero-order valence-electron chi connectivity index (χ0n) is 32.3. The fourth-order valence-electron chi connectivity index (χ4n) is 8.32. The predicted octanol–water partition coefficient (Wildman–Crippen LogP) is 14.4. The molecule has 2 aromatic heterocycles. The van der Waals surface area contributed by atoms with E-state index in [-0.39, 0.29) is 0 Å². The number of benzene rings is 8. The smallest absolute Gasteiger partial charge is 0.0591 e. The Hall–Kier alpha value is -7.37. The monoisotopic (exact) mass is 737 g/mol. The summed E-state index contributed by atoms with van der Waals surface area (Å²) in [6.07, 6.45) is 1.47. The summed E-state index contributed by atoms with van der Waals surface area (Å²) >= 11 is 0. The van der Waals surface area contributed by atoms with E-state index < -0.39 is 0 Å². The Bertz CT molecular complexity index is 2990. The normalized spacial score (nSPS) is 11.1. The fraction of sp³-hybridized carbons (Fsp3) is 0.0577. The molecule has 0 saturated heterocycles. The van der Waals surface area contributed by atoms with Crippen LogP contribution < -0.4 is 10.6 Å². The Balaban J connectivity index is 0.00000208. The highest BCUT2D eigenvalue weighted by Gasteiger charge is 2.21. The molecule has 0 radical (unpaired) electrons. The van der Waals surface area contributed by atoms with Crippen LogP contribution in [0.4, 0.5) is 22.7 Å². The van der Waals surface area contributed by atoms with Crippen LogP contribution in [0.25, 0.3) is 66.1 Å². The van der Waals surface area contributed by atoms with Crippen molar-refractivity contribution in [3.63, 3.8) is 0 Å². The topological polar surface area (TPSA) is 57.8 Å². The fourth-order valence-corrected chi connectivity index (χ4v) is 8.32. The van der Waals surface area contributed by atoms with Gasteiger partial charge >= 0.3 is 0 Å². The number of para-hydroxylation sites is 4. The number of aromatic nitrogens is 2. The van der Waals surface area contributed by atoms with Gasteiger partial charge in [0.25, 0.3) is 0 Å². The van der Waals surface area contributed by atoms with E-state index in [1.807, 2.05) is 56.3 Å². The van der Waals surface area contributed by atoms with E-state index in [1.165, 1.54) is 28.0 Å². The van der Waals surface area contributed by atoms with E-state index in [4.69, 9.17) is 5.41 Å². The van der Waals surface area contributed by atoms with Crippen LogP contribution in [0, 0.1) is 12.3 Å². The number of hydrogen-bond donors (Lipinski definition) is 3. The maximum Gasteiger partial charge on any atom is 0.0591 e. The summed E-state index contributed by atoms with van der Waals surface area (Å²) in [6, 6.07) is 64.0. The molecule has 276 valence electrons. The first-order valence-electron chi connectivity index (χ1n) is 19.6. The van der Waals surface area contributed by atoms with Crippen molar-refractivity contribution >= 4 is 72.6 Å². The SMILES string of the molecule is CC.Cc1c(Nc2ccccc2)ccc2c3c(-c4cccc(Nc5ccccc5)c4C=N)cccc3n(-c3ccc(-n4c5ccccc5c5ccccc54)cc3)c12. The van der Waals surface area contributed by atoms with Crippen LogP contribution in [0.15, 0.2) is 182 Å². The Morgan fingerprint density at radius 2 is 0.947 bits per heavy atom. The van der Waals surface area contributed by atoms with Crippen molar-refractivity contribution in [2.24, 2.45) is 0 Å². The maximum absolute atomic E-state index is 8.62. The van der Waals surface area contributed by atoms with Gasteiger partial charge in [-0.3, -0.25) is 0 Å². The summed E-state index contributed by atoms with van der Waals surface area (Å²) in [5.41, 5.74) is 14.9. The molecule has 0 aliphatic carbocycles. The molecule has 3 N–H and O–H groups in total. The number of anilines is 4. The third kappa shape index (κ3) is 6.10. The standard InChI is InChI=1S/C50H37N5.C2H6/c1-33-44(52-34-14-4-2-5-15-34)31-30-42-49-41(38-20-12-22-45(43(38)32-51)53-35-16-6-3-7-17-35)21-13-25-48(49)55(50(33)42)37-28-26-36(27-29-37)54-46-23-10-8-18-39(46)40-19-9-11-24-47(40)54;1-2/h2-32,51-53H,1H3;1-2H3. The molecular formula is C52H43N5. The van der Waals surface area contributed by atoms with Gasteiger partial charge in [-0.1, -0.05) is 117 Å². The lowest BCUT2D eigenvalue weighted by Crippen LogP contribution is -2.00. The first-order valence-corrected chi connectivity index (χ1v) is 19.6. The molecule has 0 amide bonds. The molecule has 0 aliphatic heterocycles. The first-order chi connectivity index (χ1) is 28.2. The molecule has 0 spiro atoms. The van der Waals surface area contributed by atoms with Crippen molar-refractivity contribution in [3.8, 4) is 22.5 Å². The summed E-state index contributed by atoms with van der Waals surface area (Å²) in [4.78, 5) is 0. The third-order valence-electron chi connectivity index (χ3n) is 10.8. The van der Waals surface area contributed by atoms with Crippen LogP contribution in [0.2, 0.25) is 0 Å². The van der Waals surface area contributed by atoms with Gasteiger partial charge in [-0.2, -0.15) is 0 Å². The number of rotatable bonds is 8. The highest BCUT2D eigenvalue weighted by atomic mass is 15.0. The minimum Gasteiger partial charge on any atom is -0.355 e. The van der Waals surface area contributed by atoms with Crippen LogP contribution in [-0.2, 0) is 0 Å². The number of fused-ring (bicyclic) bond motifs is 6. The number of nitrogens with zero attached hydrogens (tertiary/aromatic N) is 2. The molecule has 5 heteroatoms. The van der Waals surface area contributed by atoms with Crippen molar-refractivity contribution in [2.75, 3.05) is 10.6 Å². The summed E-state index contributed by atoms with van der Waals surface area (Å²) in [6.45, 7) is 6.21. The van der Waals surface area contributed by atoms with Crippen LogP contribution in [0.3, 0.4) is 0 Å². The van der Waals surface area contributed by atoms with Crippen LogP contribution in [-0.4, -0.2) is 15.3 Å². The highest BCUT2D eigenvalue weighted by Crippen LogP contribution is 2.43. The second kappa shape index (κ2) is 15.0. The zero-order valence-corrected chi connectivity index (χ0v) is 32.3. The second-order valence-electron chi connectivity index (χ2n) is 13.9. The van der Waals surface area contributed by atoms with Gasteiger partial charge in [-0.05, 0) is 102 Å². The van der Waals surface area contributed by atoms with Crippen molar-refractivity contribution in [3.05, 3.63) is 193 Å². The van der Waals surface area contributed by atoms with Gasteiger partial charge in [0.15, 0.2) is 0 Å². The molecule has 5 nitrogen and oxygen atoms in total. The summed E-state index contributed by atoms with van der Waals surface area (Å²) in [5.74, 6) is 0. The van der Waals surface area contributed by atoms with Gasteiger partial charge in [-0.15, -0.1) is 0 Å². The average molecular weight is 738 g/mol. The zero-order chi connectivity index (χ0) is 38.9. The van der Waals surface area contributed by atoms with Gasteiger partial charge in [0.05, 0.1) is 22.1 Å². The Morgan fingerprint density at radius 1 is 0.439 bits per heavy atom. The van der Waals surface area contributed by atoms with Crippen LogP contribution in [0.5, 0.6) is 0 Å². The molecule has 0 fully saturated rings. The van der Waals surface area contributed by atoms with Gasteiger partial charge in [-0.25, -0.2) is 0 Å². The van der Waals surface area contributed by atoms with Crippen LogP contribution >= 0.6 is 0 Å². The van der Waals surface area contributed by atoms with E-state index in [9.17, 15) is 0 Å². The molecule has 0 aliphatic rings. The van der Waals surface area contributed by atoms with Crippen molar-refractivity contribution in [2.45, 2.75) is 20.8 Å². The molecule has 0 atom stereocenters. The molecule has 57 heavy (non-hydrogen) atoms. The lowest BCUT2D eigenvalue weighted by Gasteiger charge is -2.15. The molecule has 2 heterocycles. The van der Waals surface area contributed by atoms with E-state index in [0.717, 1.165) is 78.2 Å². The maximum atomic E-state index is 8.62. The lowest BCUT2D eigenvalue weighted by molar-refractivity contribution is 1.14. The highest BCUT2D eigenvalue weighted by molar-refractivity contribution is 6.18. The van der Waals surface area contributed by atoms with Gasteiger partial charge in [0.1, 0.15) is 0 Å². The molecular weight excluding hydrogens is 695 g/mol. The molecule has 0 unspecified atom stereocenters. The first kappa shape index (κ1) is 35.3. The van der Waals surface area contributed by atoms with Crippen molar-refractivity contribution in [1.82, 2.24) is 9.13 Å². The van der Waals surface area contributed by atoms with Gasteiger partial charge in [0, 0.05) is 67.4 Å². The van der Waals surface area contributed by atoms with E-state index in [1.54, 1.807) is 0 Å². The molecule has 10 rings (SSSR count). The summed E-state index contributed by atoms with van der Waals surface area (Å²) in [5, 5.41) is 20.7. The molecule has 8 aromatic carbocycles. The summed E-state index contributed by atoms with van der Waals surface area (Å²) < 4.78 is 4.77. The third-order valence-corrected chi connectivity index (χ3v) is 10.8. The second-order valence-corrected chi connectivity index (χ2v) is 13.9. The van der Waals surface area contributed by atoms with Crippen molar-refractivity contribution < 1.29 is 0 Å². The predicted molar refractivity (Wildman–Crippen MR) is 244 cm³/mol. The molecule has 0 bridgehead atoms. The Kier molecular flexibility index (Phi) is 9.33. The minimum absolute atomic E-state index is 0.842. The molecule has 0 saturated carbocycles. The van der Waals surface area contributed by atoms with Gasteiger partial charge < -0.3 is 25.2 Å². The largest absolute Gasteiger partial charge is 0.355 e. The average Bonchev–Trinajstić information content (AvgIpc) is 3.80. The Labute approximate surface area is 333 Å². The lowest BCUT2D eigenvalue weighted by atomic mass is 9.94. The van der Waals surface area contributed by atoms with Crippen molar-refractivity contribution in [1.29, 1.82) is 5.41 Å². The summed E-state index contributed by atoms with van der Waals surface area (Å²) in [7, 11) is 0. The number of hydrogen-bond acceptors (Lipinski definition) is 3. The van der Waals surface area contributed by atoms with Crippen LogP contribution in [0.1, 0.15) is 25.0 Å². The Morgan fingerprint density at radius 3 is 1.56 bits per heavy atom. The van der Waals surface area contributed by atoms with Gasteiger partial charge in [0.2, 0.25) is 0 Å². The van der Waals surface area contributed by atoms with E-state index in [0.29, 0.717) is 0 Å². The number of nitrogens with one attached hydrogen (secondary N) is 3. The van der Waals surface area contributed by atoms with E-state index >= 15 is 0 Å².